The van der Waals surface area contributed by atoms with Crippen molar-refractivity contribution >= 4 is 28.3 Å². The van der Waals surface area contributed by atoms with Gasteiger partial charge >= 0.3 is 6.18 Å². The van der Waals surface area contributed by atoms with Gasteiger partial charge in [0.1, 0.15) is 16.2 Å². The molecule has 0 aliphatic carbocycles. The number of rotatable bonds is 6. The topological polar surface area (TPSA) is 30.0 Å². The normalized spacial score (nSPS) is 14.0. The van der Waals surface area contributed by atoms with E-state index < -0.39 is 29.1 Å². The van der Waals surface area contributed by atoms with Gasteiger partial charge in [-0.3, -0.25) is 4.79 Å². The smallest absolute Gasteiger partial charge is 0.297 e. The Balaban J connectivity index is 1.94. The lowest BCUT2D eigenvalue weighted by atomic mass is 9.87. The van der Waals surface area contributed by atoms with Gasteiger partial charge in [0.05, 0.1) is 6.42 Å². The van der Waals surface area contributed by atoms with Crippen molar-refractivity contribution in [3.05, 3.63) is 77.2 Å². The first-order valence-electron chi connectivity index (χ1n) is 8.95. The Morgan fingerprint density at radius 3 is 2.41 bits per heavy atom. The number of carbonyl (C=O) groups excluding carboxylic acids is 1. The molecule has 2 nitrogen and oxygen atoms in total. The Kier molecular flexibility index (Phi) is 5.94. The summed E-state index contributed by atoms with van der Waals surface area (Å²) in [6, 6.07) is 14.3. The number of carbonyl (C=O) groups is 1. The number of ketones is 1. The molecule has 29 heavy (non-hydrogen) atoms. The highest BCUT2D eigenvalue weighted by molar-refractivity contribution is 6.35. The van der Waals surface area contributed by atoms with Crippen LogP contribution >= 0.6 is 11.6 Å². The van der Waals surface area contributed by atoms with E-state index >= 15 is 0 Å². The zero-order valence-electron chi connectivity index (χ0n) is 15.6. The molecule has 0 radical (unpaired) electrons. The van der Waals surface area contributed by atoms with E-state index in [1.165, 1.54) is 12.1 Å². The predicted octanol–water partition coefficient (Wildman–Crippen LogP) is 5.97. The van der Waals surface area contributed by atoms with Crippen molar-refractivity contribution < 1.29 is 22.4 Å². The number of aryl methyl sites for hydroxylation is 1. The van der Waals surface area contributed by atoms with Gasteiger partial charge in [-0.2, -0.15) is 13.2 Å². The van der Waals surface area contributed by atoms with Crippen LogP contribution in [0.25, 0.3) is 10.9 Å². The SMILES string of the molecule is Cc1nc2c(F)cccc2cc1CC(=O)C(Cl)(Cc1ccccc1)CC(F)(F)F. The third-order valence-corrected chi connectivity index (χ3v) is 5.23. The van der Waals surface area contributed by atoms with Crippen LogP contribution in [0.1, 0.15) is 23.2 Å². The Morgan fingerprint density at radius 1 is 1.07 bits per heavy atom. The highest BCUT2D eigenvalue weighted by Gasteiger charge is 2.46. The number of halogens is 5. The molecule has 1 heterocycles. The molecule has 0 fully saturated rings. The minimum atomic E-state index is -4.61. The van der Waals surface area contributed by atoms with Crippen LogP contribution in [0, 0.1) is 12.7 Å². The maximum atomic E-state index is 13.9. The molecule has 1 unspecified atom stereocenters. The summed E-state index contributed by atoms with van der Waals surface area (Å²) < 4.78 is 53.5. The van der Waals surface area contributed by atoms with Gasteiger partial charge in [-0.25, -0.2) is 9.37 Å². The number of aromatic nitrogens is 1. The van der Waals surface area contributed by atoms with Crippen molar-refractivity contribution in [2.24, 2.45) is 0 Å². The highest BCUT2D eigenvalue weighted by Crippen LogP contribution is 2.37. The molecule has 7 heteroatoms. The van der Waals surface area contributed by atoms with Gasteiger partial charge in [-0.15, -0.1) is 11.6 Å². The summed E-state index contributed by atoms with van der Waals surface area (Å²) in [5.41, 5.74) is 1.49. The molecule has 0 bridgehead atoms. The van der Waals surface area contributed by atoms with Crippen LogP contribution in [0.15, 0.2) is 54.6 Å². The Hall–Kier alpha value is -2.47. The van der Waals surface area contributed by atoms with Crippen LogP contribution < -0.4 is 0 Å². The first-order valence-corrected chi connectivity index (χ1v) is 9.33. The van der Waals surface area contributed by atoms with E-state index in [0.29, 0.717) is 22.2 Å². The van der Waals surface area contributed by atoms with E-state index in [-0.39, 0.29) is 18.4 Å². The lowest BCUT2D eigenvalue weighted by molar-refractivity contribution is -0.149. The van der Waals surface area contributed by atoms with Crippen molar-refractivity contribution in [3.63, 3.8) is 0 Å². The minimum Gasteiger partial charge on any atom is -0.297 e. The standard InChI is InChI=1S/C22H18ClF4NO/c1-14-17(10-16-8-5-9-18(24)20(16)28-14)11-19(29)21(23,13-22(25,26)27)12-15-6-3-2-4-7-15/h2-10H,11-13H2,1H3. The number of nitrogens with zero attached hydrogens (tertiary/aromatic N) is 1. The first-order chi connectivity index (χ1) is 13.6. The number of hydrogen-bond donors (Lipinski definition) is 0. The van der Waals surface area contributed by atoms with Crippen LogP contribution in [0.4, 0.5) is 17.6 Å². The number of pyridine rings is 1. The zero-order valence-corrected chi connectivity index (χ0v) is 16.3. The molecule has 0 saturated carbocycles. The second kappa shape index (κ2) is 8.11. The predicted molar refractivity (Wildman–Crippen MR) is 105 cm³/mol. The van der Waals surface area contributed by atoms with Crippen LogP contribution in [0.3, 0.4) is 0 Å². The van der Waals surface area contributed by atoms with Gasteiger partial charge in [-0.1, -0.05) is 42.5 Å². The van der Waals surface area contributed by atoms with Crippen LogP contribution in [0.5, 0.6) is 0 Å². The van der Waals surface area contributed by atoms with E-state index in [0.717, 1.165) is 0 Å². The summed E-state index contributed by atoms with van der Waals surface area (Å²) in [5.74, 6) is -1.25. The number of hydrogen-bond acceptors (Lipinski definition) is 2. The maximum absolute atomic E-state index is 13.9. The highest BCUT2D eigenvalue weighted by atomic mass is 35.5. The van der Waals surface area contributed by atoms with E-state index in [9.17, 15) is 22.4 Å². The molecule has 152 valence electrons. The van der Waals surface area contributed by atoms with Crippen molar-refractivity contribution in [2.75, 3.05) is 0 Å². The monoisotopic (exact) mass is 423 g/mol. The van der Waals surface area contributed by atoms with Gasteiger partial charge in [0.25, 0.3) is 0 Å². The van der Waals surface area contributed by atoms with Crippen LogP contribution in [-0.4, -0.2) is 21.8 Å². The maximum Gasteiger partial charge on any atom is 0.391 e. The quantitative estimate of drug-likeness (QED) is 0.361. The van der Waals surface area contributed by atoms with E-state index in [1.807, 2.05) is 0 Å². The molecule has 2 aromatic carbocycles. The second-order valence-corrected chi connectivity index (χ2v) is 7.79. The first kappa shape index (κ1) is 21.2. The third kappa shape index (κ3) is 5.12. The van der Waals surface area contributed by atoms with E-state index in [1.54, 1.807) is 49.4 Å². The summed E-state index contributed by atoms with van der Waals surface area (Å²) in [4.78, 5) is 15.0. The molecule has 0 aliphatic rings. The number of benzene rings is 2. The van der Waals surface area contributed by atoms with Crippen molar-refractivity contribution in [1.82, 2.24) is 4.98 Å². The van der Waals surface area contributed by atoms with Gasteiger partial charge in [0, 0.05) is 17.5 Å². The van der Waals surface area contributed by atoms with Gasteiger partial charge in [-0.05, 0) is 36.6 Å². The number of fused-ring (bicyclic) bond motifs is 1. The Morgan fingerprint density at radius 2 is 1.76 bits per heavy atom. The van der Waals surface area contributed by atoms with Gasteiger partial charge in [0.15, 0.2) is 5.78 Å². The fourth-order valence-electron chi connectivity index (χ4n) is 3.31. The third-order valence-electron chi connectivity index (χ3n) is 4.75. The Labute approximate surface area is 170 Å². The average Bonchev–Trinajstić information content (AvgIpc) is 2.62. The summed E-state index contributed by atoms with van der Waals surface area (Å²) in [6.07, 6.45) is -6.61. The van der Waals surface area contributed by atoms with Crippen LogP contribution in [0.2, 0.25) is 0 Å². The van der Waals surface area contributed by atoms with Crippen molar-refractivity contribution in [2.45, 2.75) is 37.2 Å². The van der Waals surface area contributed by atoms with Gasteiger partial charge < -0.3 is 0 Å². The number of Topliss-reactive ketones (excluding diaryl/α,β-unsaturated/α-hetero) is 1. The van der Waals surface area contributed by atoms with Crippen LogP contribution in [-0.2, 0) is 17.6 Å². The molecule has 1 aromatic heterocycles. The lowest BCUT2D eigenvalue weighted by Gasteiger charge is -2.27. The lowest BCUT2D eigenvalue weighted by Crippen LogP contribution is -2.41. The molecule has 0 spiro atoms. The average molecular weight is 424 g/mol. The van der Waals surface area contributed by atoms with E-state index in [4.69, 9.17) is 11.6 Å². The van der Waals surface area contributed by atoms with Crippen molar-refractivity contribution in [3.8, 4) is 0 Å². The zero-order chi connectivity index (χ0) is 21.2. The van der Waals surface area contributed by atoms with Crippen molar-refractivity contribution in [1.29, 1.82) is 0 Å². The second-order valence-electron chi connectivity index (χ2n) is 7.06. The molecule has 0 saturated heterocycles. The summed E-state index contributed by atoms with van der Waals surface area (Å²) >= 11 is 6.30. The summed E-state index contributed by atoms with van der Waals surface area (Å²) in [5, 5.41) is 0.470. The summed E-state index contributed by atoms with van der Waals surface area (Å²) in [7, 11) is 0. The molecule has 3 rings (SSSR count). The summed E-state index contributed by atoms with van der Waals surface area (Å²) in [6.45, 7) is 1.59. The molecule has 0 aliphatic heterocycles. The molecular weight excluding hydrogens is 406 g/mol. The fourth-order valence-corrected chi connectivity index (χ4v) is 3.68. The van der Waals surface area contributed by atoms with Gasteiger partial charge in [0.2, 0.25) is 0 Å². The molecular formula is C22H18ClF4NO. The number of alkyl halides is 4. The fraction of sp³-hybridized carbons (Fsp3) is 0.273. The molecule has 0 amide bonds. The molecule has 3 aromatic rings. The number of para-hydroxylation sites is 1. The minimum absolute atomic E-state index is 0.151. The van der Waals surface area contributed by atoms with E-state index in [2.05, 4.69) is 4.98 Å². The largest absolute Gasteiger partial charge is 0.391 e. The molecule has 0 N–H and O–H groups in total. The Bertz CT molecular complexity index is 1040. The molecule has 1 atom stereocenters.